The van der Waals surface area contributed by atoms with Gasteiger partial charge >= 0.3 is 0 Å². The quantitative estimate of drug-likeness (QED) is 0.303. The van der Waals surface area contributed by atoms with E-state index in [1.165, 1.54) is 25.2 Å². The van der Waals surface area contributed by atoms with Crippen LogP contribution < -0.4 is 14.9 Å². The minimum atomic E-state index is -3.69. The van der Waals surface area contributed by atoms with Gasteiger partial charge in [-0.3, -0.25) is 10.7 Å². The number of rotatable bonds is 6. The minimum Gasteiger partial charge on any atom is -0.290 e. The van der Waals surface area contributed by atoms with Gasteiger partial charge in [-0.05, 0) is 39.3 Å². The molecule has 10 nitrogen and oxygen atoms in total. The molecule has 0 aliphatic rings. The molecule has 2 aromatic rings. The Morgan fingerprint density at radius 2 is 2.21 bits per heavy atom. The Labute approximate surface area is 144 Å². The highest BCUT2D eigenvalue weighted by Crippen LogP contribution is 2.22. The maximum atomic E-state index is 13.2. The molecule has 130 valence electrons. The predicted octanol–water partition coefficient (Wildman–Crippen LogP) is 0.582. The first-order valence-electron chi connectivity index (χ1n) is 6.30. The van der Waals surface area contributed by atoms with Crippen molar-refractivity contribution in [2.75, 3.05) is 7.05 Å². The molecule has 0 bridgehead atoms. The fraction of sp³-hybridized carbons (Fsp3) is 0.182. The molecule has 0 spiro atoms. The highest BCUT2D eigenvalue weighted by molar-refractivity contribution is 9.10. The van der Waals surface area contributed by atoms with Gasteiger partial charge in [0.2, 0.25) is 0 Å². The molecule has 24 heavy (non-hydrogen) atoms. The number of nitrogens with one attached hydrogen (secondary N) is 3. The Kier molecular flexibility index (Phi) is 5.95. The number of benzene rings is 1. The molecule has 0 amide bonds. The maximum absolute atomic E-state index is 13.2. The highest BCUT2D eigenvalue weighted by Gasteiger charge is 2.18. The van der Waals surface area contributed by atoms with Crippen molar-refractivity contribution in [3.63, 3.8) is 0 Å². The van der Waals surface area contributed by atoms with Gasteiger partial charge in [-0.1, -0.05) is 5.16 Å². The number of aliphatic imine (C=N–C) groups is 1. The summed E-state index contributed by atoms with van der Waals surface area (Å²) in [4.78, 5) is 4.05. The minimum absolute atomic E-state index is 0.0169. The van der Waals surface area contributed by atoms with Crippen LogP contribution in [0.2, 0.25) is 0 Å². The third-order valence-corrected chi connectivity index (χ3v) is 4.40. The van der Waals surface area contributed by atoms with Crippen LogP contribution in [0.3, 0.4) is 0 Å². The van der Waals surface area contributed by atoms with Gasteiger partial charge in [0.1, 0.15) is 11.5 Å². The van der Waals surface area contributed by atoms with Crippen molar-refractivity contribution >= 4 is 37.7 Å². The average molecular weight is 423 g/mol. The summed E-state index contributed by atoms with van der Waals surface area (Å²) in [7, 11) is -2.46. The SMILES string of the molecule is CNS(=O)(=O)NCc1nonc1C(=Nc1ccc(F)c(Br)c1)NO. The van der Waals surface area contributed by atoms with Gasteiger partial charge in [-0.15, -0.1) is 0 Å². The number of hydrogen-bond donors (Lipinski definition) is 4. The second-order valence-electron chi connectivity index (χ2n) is 4.26. The third kappa shape index (κ3) is 4.55. The van der Waals surface area contributed by atoms with E-state index in [4.69, 9.17) is 0 Å². The summed E-state index contributed by atoms with van der Waals surface area (Å²) in [6.45, 7) is -0.254. The van der Waals surface area contributed by atoms with Gasteiger partial charge < -0.3 is 0 Å². The first-order valence-corrected chi connectivity index (χ1v) is 8.57. The first-order chi connectivity index (χ1) is 11.4. The van der Waals surface area contributed by atoms with Crippen molar-refractivity contribution < 1.29 is 22.6 Å². The molecule has 0 saturated heterocycles. The Bertz CT molecular complexity index is 856. The van der Waals surface area contributed by atoms with Crippen LogP contribution >= 0.6 is 15.9 Å². The lowest BCUT2D eigenvalue weighted by Gasteiger charge is -2.05. The molecule has 4 N–H and O–H groups in total. The van der Waals surface area contributed by atoms with E-state index in [9.17, 15) is 18.0 Å². The van der Waals surface area contributed by atoms with Gasteiger partial charge in [0.05, 0.1) is 16.7 Å². The number of halogens is 2. The summed E-state index contributed by atoms with van der Waals surface area (Å²) in [6.07, 6.45) is 0. The third-order valence-electron chi connectivity index (χ3n) is 2.73. The lowest BCUT2D eigenvalue weighted by atomic mass is 10.3. The number of amidine groups is 1. The molecule has 0 saturated carbocycles. The van der Waals surface area contributed by atoms with Crippen molar-refractivity contribution in [3.05, 3.63) is 39.9 Å². The van der Waals surface area contributed by atoms with E-state index in [1.807, 2.05) is 5.48 Å². The molecule has 1 heterocycles. The number of nitrogens with zero attached hydrogens (tertiary/aromatic N) is 3. The molecule has 2 rings (SSSR count). The first kappa shape index (κ1) is 18.4. The van der Waals surface area contributed by atoms with Crippen LogP contribution in [0.1, 0.15) is 11.4 Å². The zero-order valence-corrected chi connectivity index (χ0v) is 14.5. The van der Waals surface area contributed by atoms with E-state index < -0.39 is 16.0 Å². The van der Waals surface area contributed by atoms with Crippen molar-refractivity contribution in [2.45, 2.75) is 6.54 Å². The van der Waals surface area contributed by atoms with E-state index in [0.717, 1.165) is 0 Å². The van der Waals surface area contributed by atoms with Crippen LogP contribution in [0.15, 0.2) is 32.3 Å². The lowest BCUT2D eigenvalue weighted by molar-refractivity contribution is 0.234. The molecule has 13 heteroatoms. The zero-order chi connectivity index (χ0) is 17.7. The number of hydroxylamine groups is 1. The smallest absolute Gasteiger partial charge is 0.277 e. The number of hydrogen-bond acceptors (Lipinski definition) is 7. The van der Waals surface area contributed by atoms with Crippen LogP contribution in [0, 0.1) is 5.82 Å². The lowest BCUT2D eigenvalue weighted by Crippen LogP contribution is -2.34. The highest BCUT2D eigenvalue weighted by atomic mass is 79.9. The van der Waals surface area contributed by atoms with E-state index >= 15 is 0 Å². The fourth-order valence-corrected chi connectivity index (χ4v) is 2.39. The van der Waals surface area contributed by atoms with Gasteiger partial charge in [0, 0.05) is 7.05 Å². The van der Waals surface area contributed by atoms with E-state index in [1.54, 1.807) is 0 Å². The van der Waals surface area contributed by atoms with E-state index in [-0.39, 0.29) is 28.2 Å². The summed E-state index contributed by atoms with van der Waals surface area (Å²) in [6, 6.07) is 3.93. The predicted molar refractivity (Wildman–Crippen MR) is 84.3 cm³/mol. The summed E-state index contributed by atoms with van der Waals surface area (Å²) < 4.78 is 45.0. The van der Waals surface area contributed by atoms with E-state index in [2.05, 4.69) is 45.3 Å². The molecule has 1 aromatic heterocycles. The van der Waals surface area contributed by atoms with Crippen LogP contribution in [0.4, 0.5) is 10.1 Å². The Morgan fingerprint density at radius 3 is 2.83 bits per heavy atom. The average Bonchev–Trinajstić information content (AvgIpc) is 3.02. The zero-order valence-electron chi connectivity index (χ0n) is 12.1. The van der Waals surface area contributed by atoms with Crippen molar-refractivity contribution in [1.29, 1.82) is 0 Å². The molecule has 0 aliphatic carbocycles. The molecular formula is C11H12BrFN6O4S. The summed E-state index contributed by atoms with van der Waals surface area (Å²) in [5.41, 5.74) is 2.18. The normalized spacial score (nSPS) is 12.4. The fourth-order valence-electron chi connectivity index (χ4n) is 1.55. The molecule has 0 unspecified atom stereocenters. The van der Waals surface area contributed by atoms with Crippen LogP contribution in [0.5, 0.6) is 0 Å². The van der Waals surface area contributed by atoms with Crippen LogP contribution in [-0.4, -0.2) is 36.8 Å². The van der Waals surface area contributed by atoms with Gasteiger partial charge in [-0.25, -0.2) is 18.7 Å². The van der Waals surface area contributed by atoms with Crippen molar-refractivity contribution in [1.82, 2.24) is 25.2 Å². The maximum Gasteiger partial charge on any atom is 0.277 e. The summed E-state index contributed by atoms with van der Waals surface area (Å²) >= 11 is 3.02. The molecular weight excluding hydrogens is 411 g/mol. The molecule has 0 fully saturated rings. The standard InChI is InChI=1S/C11H12BrFN6O4S/c1-14-24(21,22)15-5-9-10(19-23-18-9)11(17-20)16-6-2-3-8(13)7(12)4-6/h2-4,14-15,20H,5H2,1H3,(H,16,17). The Morgan fingerprint density at radius 1 is 1.46 bits per heavy atom. The Hall–Kier alpha value is -1.93. The summed E-state index contributed by atoms with van der Waals surface area (Å²) in [5.74, 6) is -0.633. The molecule has 0 radical (unpaired) electrons. The van der Waals surface area contributed by atoms with Crippen LogP contribution in [-0.2, 0) is 16.8 Å². The molecule has 1 aromatic carbocycles. The molecule has 0 aliphatic heterocycles. The molecule has 0 atom stereocenters. The monoisotopic (exact) mass is 422 g/mol. The van der Waals surface area contributed by atoms with Gasteiger partial charge in [-0.2, -0.15) is 13.1 Å². The van der Waals surface area contributed by atoms with Crippen molar-refractivity contribution in [3.8, 4) is 0 Å². The van der Waals surface area contributed by atoms with Gasteiger partial charge in [0.25, 0.3) is 10.2 Å². The van der Waals surface area contributed by atoms with Gasteiger partial charge in [0.15, 0.2) is 11.5 Å². The Balaban J connectivity index is 2.29. The largest absolute Gasteiger partial charge is 0.290 e. The number of aromatic nitrogens is 2. The second kappa shape index (κ2) is 7.76. The van der Waals surface area contributed by atoms with Crippen molar-refractivity contribution in [2.24, 2.45) is 4.99 Å². The summed E-state index contributed by atoms with van der Waals surface area (Å²) in [5, 5.41) is 16.4. The topological polar surface area (TPSA) is 142 Å². The van der Waals surface area contributed by atoms with Crippen LogP contribution in [0.25, 0.3) is 0 Å². The second-order valence-corrected chi connectivity index (χ2v) is 6.82. The van der Waals surface area contributed by atoms with E-state index in [0.29, 0.717) is 5.69 Å².